The van der Waals surface area contributed by atoms with Gasteiger partial charge in [-0.1, -0.05) is 50.1 Å². The van der Waals surface area contributed by atoms with E-state index in [2.05, 4.69) is 31.9 Å². The highest BCUT2D eigenvalue weighted by atomic mass is 79.9. The maximum absolute atomic E-state index is 14.0. The summed E-state index contributed by atoms with van der Waals surface area (Å²) >= 11 is 6.96. The van der Waals surface area contributed by atoms with Crippen molar-refractivity contribution < 1.29 is 9.13 Å². The molecule has 0 saturated heterocycles. The highest BCUT2D eigenvalue weighted by Gasteiger charge is 2.17. The second-order valence-electron chi connectivity index (χ2n) is 4.73. The number of benzene rings is 2. The van der Waals surface area contributed by atoms with Crippen LogP contribution in [0.3, 0.4) is 0 Å². The number of hydrogen-bond acceptors (Lipinski definition) is 1. The molecule has 106 valence electrons. The molecule has 0 aromatic heterocycles. The van der Waals surface area contributed by atoms with Crippen molar-refractivity contribution in [2.45, 2.75) is 24.8 Å². The third-order valence-corrected chi connectivity index (χ3v) is 4.48. The lowest BCUT2D eigenvalue weighted by atomic mass is 10.0. The van der Waals surface area contributed by atoms with Gasteiger partial charge in [-0.3, -0.25) is 0 Å². The normalized spacial score (nSPS) is 12.5. The van der Waals surface area contributed by atoms with E-state index in [-0.39, 0.29) is 16.7 Å². The van der Waals surface area contributed by atoms with Crippen molar-refractivity contribution in [1.29, 1.82) is 0 Å². The minimum Gasteiger partial charge on any atom is -0.491 e. The van der Waals surface area contributed by atoms with Crippen molar-refractivity contribution >= 4 is 31.9 Å². The summed E-state index contributed by atoms with van der Waals surface area (Å²) in [6, 6.07) is 12.7. The molecule has 0 fully saturated rings. The molecule has 0 spiro atoms. The lowest BCUT2D eigenvalue weighted by Gasteiger charge is -2.15. The van der Waals surface area contributed by atoms with Crippen LogP contribution in [0.25, 0.3) is 0 Å². The average molecular weight is 402 g/mol. The fourth-order valence-corrected chi connectivity index (χ4v) is 3.56. The van der Waals surface area contributed by atoms with Gasteiger partial charge in [0.2, 0.25) is 0 Å². The SMILES string of the molecule is CC(C)Oc1ccc(C(Br)c2c(F)cccc2Br)cc1. The molecule has 1 atom stereocenters. The van der Waals surface area contributed by atoms with Gasteiger partial charge in [0.05, 0.1) is 10.9 Å². The van der Waals surface area contributed by atoms with Gasteiger partial charge in [0.1, 0.15) is 11.6 Å². The van der Waals surface area contributed by atoms with E-state index >= 15 is 0 Å². The number of hydrogen-bond donors (Lipinski definition) is 0. The van der Waals surface area contributed by atoms with Crippen LogP contribution in [0.15, 0.2) is 46.9 Å². The number of halogens is 3. The van der Waals surface area contributed by atoms with Crippen molar-refractivity contribution in [2.24, 2.45) is 0 Å². The molecule has 0 radical (unpaired) electrons. The molecule has 20 heavy (non-hydrogen) atoms. The largest absolute Gasteiger partial charge is 0.491 e. The van der Waals surface area contributed by atoms with Crippen LogP contribution in [0, 0.1) is 5.82 Å². The third-order valence-electron chi connectivity index (χ3n) is 2.80. The van der Waals surface area contributed by atoms with Crippen molar-refractivity contribution in [2.75, 3.05) is 0 Å². The molecule has 0 heterocycles. The predicted octanol–water partition coefficient (Wildman–Crippen LogP) is 5.86. The Bertz CT molecular complexity index is 561. The Labute approximate surface area is 135 Å². The summed E-state index contributed by atoms with van der Waals surface area (Å²) in [5.74, 6) is 0.583. The monoisotopic (exact) mass is 400 g/mol. The summed E-state index contributed by atoms with van der Waals surface area (Å²) in [7, 11) is 0. The topological polar surface area (TPSA) is 9.23 Å². The Morgan fingerprint density at radius 2 is 1.70 bits per heavy atom. The molecule has 0 aliphatic heterocycles. The summed E-state index contributed by atoms with van der Waals surface area (Å²) < 4.78 is 20.3. The molecule has 2 rings (SSSR count). The average Bonchev–Trinajstić information content (AvgIpc) is 2.38. The minimum atomic E-state index is -0.233. The van der Waals surface area contributed by atoms with E-state index in [0.29, 0.717) is 5.56 Å². The standard InChI is InChI=1S/C16H15Br2FO/c1-10(2)20-12-8-6-11(7-9-12)16(18)15-13(17)4-3-5-14(15)19/h3-10,16H,1-2H3. The van der Waals surface area contributed by atoms with Gasteiger partial charge in [0, 0.05) is 10.0 Å². The zero-order chi connectivity index (χ0) is 14.7. The van der Waals surface area contributed by atoms with Crippen molar-refractivity contribution in [3.8, 4) is 5.75 Å². The summed E-state index contributed by atoms with van der Waals surface area (Å²) in [5.41, 5.74) is 1.58. The molecule has 1 unspecified atom stereocenters. The van der Waals surface area contributed by atoms with Crippen LogP contribution in [-0.2, 0) is 0 Å². The molecule has 0 N–H and O–H groups in total. The zero-order valence-corrected chi connectivity index (χ0v) is 14.4. The first-order chi connectivity index (χ1) is 9.49. The zero-order valence-electron chi connectivity index (χ0n) is 11.2. The van der Waals surface area contributed by atoms with Gasteiger partial charge in [-0.15, -0.1) is 0 Å². The summed E-state index contributed by atoms with van der Waals surface area (Å²) in [4.78, 5) is -0.203. The van der Waals surface area contributed by atoms with E-state index in [9.17, 15) is 4.39 Å². The van der Waals surface area contributed by atoms with E-state index in [1.807, 2.05) is 44.2 Å². The fourth-order valence-electron chi connectivity index (χ4n) is 1.91. The van der Waals surface area contributed by atoms with E-state index < -0.39 is 0 Å². The predicted molar refractivity (Wildman–Crippen MR) is 87.1 cm³/mol. The second kappa shape index (κ2) is 6.72. The van der Waals surface area contributed by atoms with Gasteiger partial charge in [-0.2, -0.15) is 0 Å². The lowest BCUT2D eigenvalue weighted by Crippen LogP contribution is -2.05. The summed E-state index contributed by atoms with van der Waals surface area (Å²) in [5, 5.41) is 0. The molecule has 0 amide bonds. The number of alkyl halides is 1. The second-order valence-corrected chi connectivity index (χ2v) is 6.50. The first-order valence-electron chi connectivity index (χ1n) is 6.33. The van der Waals surface area contributed by atoms with Crippen LogP contribution in [0.5, 0.6) is 5.75 Å². The van der Waals surface area contributed by atoms with Crippen molar-refractivity contribution in [3.63, 3.8) is 0 Å². The maximum atomic E-state index is 14.0. The van der Waals surface area contributed by atoms with E-state index in [1.165, 1.54) is 6.07 Å². The van der Waals surface area contributed by atoms with E-state index in [0.717, 1.165) is 15.8 Å². The van der Waals surface area contributed by atoms with Crippen LogP contribution in [0.1, 0.15) is 29.8 Å². The highest BCUT2D eigenvalue weighted by molar-refractivity contribution is 9.11. The minimum absolute atomic E-state index is 0.140. The van der Waals surface area contributed by atoms with Crippen molar-refractivity contribution in [3.05, 3.63) is 63.9 Å². The van der Waals surface area contributed by atoms with Crippen molar-refractivity contribution in [1.82, 2.24) is 0 Å². The Kier molecular flexibility index (Phi) is 5.22. The van der Waals surface area contributed by atoms with Gasteiger partial charge in [-0.25, -0.2) is 4.39 Å². The maximum Gasteiger partial charge on any atom is 0.129 e. The molecule has 0 aliphatic rings. The molecule has 2 aromatic rings. The Morgan fingerprint density at radius 3 is 2.25 bits per heavy atom. The fraction of sp³-hybridized carbons (Fsp3) is 0.250. The first-order valence-corrected chi connectivity index (χ1v) is 8.04. The third kappa shape index (κ3) is 3.61. The number of ether oxygens (including phenoxy) is 1. The summed E-state index contributed by atoms with van der Waals surface area (Å²) in [6.45, 7) is 3.97. The van der Waals surface area contributed by atoms with Gasteiger partial charge in [0.25, 0.3) is 0 Å². The van der Waals surface area contributed by atoms with Gasteiger partial charge in [-0.05, 0) is 43.7 Å². The van der Waals surface area contributed by atoms with Gasteiger partial charge >= 0.3 is 0 Å². The molecule has 4 heteroatoms. The van der Waals surface area contributed by atoms with Crippen LogP contribution in [-0.4, -0.2) is 6.10 Å². The van der Waals surface area contributed by atoms with E-state index in [1.54, 1.807) is 6.07 Å². The molecule has 1 nitrogen and oxygen atoms in total. The molecular formula is C16H15Br2FO. The summed E-state index contributed by atoms with van der Waals surface area (Å²) in [6.07, 6.45) is 0.140. The van der Waals surface area contributed by atoms with Gasteiger partial charge in [0.15, 0.2) is 0 Å². The Balaban J connectivity index is 2.27. The van der Waals surface area contributed by atoms with Crippen LogP contribution in [0.4, 0.5) is 4.39 Å². The molecule has 2 aromatic carbocycles. The smallest absolute Gasteiger partial charge is 0.129 e. The Morgan fingerprint density at radius 1 is 1.05 bits per heavy atom. The quantitative estimate of drug-likeness (QED) is 0.583. The molecule has 0 aliphatic carbocycles. The van der Waals surface area contributed by atoms with Crippen LogP contribution >= 0.6 is 31.9 Å². The Hall–Kier alpha value is -0.870. The lowest BCUT2D eigenvalue weighted by molar-refractivity contribution is 0.242. The van der Waals surface area contributed by atoms with Crippen LogP contribution in [0.2, 0.25) is 0 Å². The molecular weight excluding hydrogens is 387 g/mol. The number of rotatable bonds is 4. The van der Waals surface area contributed by atoms with Gasteiger partial charge < -0.3 is 4.74 Å². The van der Waals surface area contributed by atoms with Crippen LogP contribution < -0.4 is 4.74 Å². The van der Waals surface area contributed by atoms with E-state index in [4.69, 9.17) is 4.74 Å². The molecule has 0 saturated carbocycles. The molecule has 0 bridgehead atoms. The first kappa shape index (κ1) is 15.5. The highest BCUT2D eigenvalue weighted by Crippen LogP contribution is 2.37.